The number of thiophene rings is 4. The quantitative estimate of drug-likeness (QED) is 0.0279. The minimum atomic E-state index is -0.747. The molecule has 0 saturated heterocycles. The summed E-state index contributed by atoms with van der Waals surface area (Å²) in [6.45, 7) is 9.17. The molecule has 14 heteroatoms. The summed E-state index contributed by atoms with van der Waals surface area (Å²) in [5, 5.41) is 39.7. The highest BCUT2D eigenvalue weighted by Crippen LogP contribution is 2.71. The van der Waals surface area contributed by atoms with E-state index in [0.29, 0.717) is 22.2 Å². The van der Waals surface area contributed by atoms with E-state index in [1.165, 1.54) is 273 Å². The second-order valence-electron chi connectivity index (χ2n) is 29.2. The summed E-state index contributed by atoms with van der Waals surface area (Å²) in [6, 6.07) is 60.8. The summed E-state index contributed by atoms with van der Waals surface area (Å²) in [4.78, 5) is 7.35. The summed E-state index contributed by atoms with van der Waals surface area (Å²) in [5.41, 5.74) is 20.6. The Morgan fingerprint density at radius 1 is 0.330 bits per heavy atom. The van der Waals surface area contributed by atoms with Crippen molar-refractivity contribution in [1.29, 1.82) is 21.0 Å². The number of hydrogen-bond donors (Lipinski definition) is 0. The van der Waals surface area contributed by atoms with Crippen molar-refractivity contribution in [2.24, 2.45) is 0 Å². The van der Waals surface area contributed by atoms with Crippen LogP contribution in [-0.4, -0.2) is 17.5 Å². The highest BCUT2D eigenvalue weighted by molar-refractivity contribution is 7.35. The third-order valence-electron chi connectivity index (χ3n) is 22.3. The van der Waals surface area contributed by atoms with Crippen molar-refractivity contribution in [3.8, 4) is 64.7 Å². The molecule has 0 fully saturated rings. The Morgan fingerprint density at radius 2 is 0.613 bits per heavy atom. The van der Waals surface area contributed by atoms with Gasteiger partial charge in [-0.15, -0.1) is 45.3 Å². The zero-order chi connectivity index (χ0) is 73.0. The first-order chi connectivity index (χ1) is 52.2. The Labute approximate surface area is 651 Å². The maximum atomic E-state index is 9.93. The smallest absolute Gasteiger partial charge is 0.130 e. The highest BCUT2D eigenvalue weighted by Gasteiger charge is 2.55. The number of allylic oxidation sites excluding steroid dienone is 2. The van der Waals surface area contributed by atoms with Gasteiger partial charge < -0.3 is 0 Å². The second kappa shape index (κ2) is 34.6. The number of nitriles is 4. The van der Waals surface area contributed by atoms with Gasteiger partial charge in [-0.25, -0.2) is 0 Å². The summed E-state index contributed by atoms with van der Waals surface area (Å²) in [5.74, 6) is 0. The monoisotopic (exact) mass is 1500 g/mol. The molecule has 0 spiro atoms. The lowest BCUT2D eigenvalue weighted by atomic mass is 9.67. The number of aryl methyl sites for hydroxylation is 4. The lowest BCUT2D eigenvalue weighted by Gasteiger charge is -2.34. The van der Waals surface area contributed by atoms with E-state index in [-0.39, 0.29) is 11.1 Å². The van der Waals surface area contributed by atoms with Gasteiger partial charge in [-0.3, -0.25) is 0 Å². The molecule has 0 N–H and O–H groups in total. The van der Waals surface area contributed by atoms with E-state index in [2.05, 4.69) is 173 Å². The summed E-state index contributed by atoms with van der Waals surface area (Å²) >= 11 is 10.0. The van der Waals surface area contributed by atoms with Crippen LogP contribution in [0.3, 0.4) is 0 Å². The molecule has 8 nitrogen and oxygen atoms in total. The fourth-order valence-electron chi connectivity index (χ4n) is 16.7. The van der Waals surface area contributed by atoms with Crippen LogP contribution in [0.1, 0.15) is 260 Å². The standard InChI is InChI=1S/C92H92N8S6/c1-5-9-13-17-21-25-29-61-33-43-69(44-34-61)91(70-45-35-62(36-46-70)30-26-22-18-14-10-6-2)75-55-77(73-51-41-67(53-65(57-93)58-94)81-83(73)99-105-97-81)101-85(75)87-79(91)89-90(103-87)80-88(104-89)86-76(56-78(102-86)74-52-42-68(54-66(59-95)60-96)82-84(74)100-106-98-82)92(80,71-47-37-63(38-48-71)31-27-23-19-15-11-7-3)72-49-39-64(40-50-72)32-28-24-20-16-12-8-4/h33-56H,5-32H2,1-4H3. The van der Waals surface area contributed by atoms with Crippen LogP contribution in [0.5, 0.6) is 0 Å². The molecule has 0 aliphatic heterocycles. The van der Waals surface area contributed by atoms with Crippen molar-refractivity contribution in [3.63, 3.8) is 0 Å². The van der Waals surface area contributed by atoms with Gasteiger partial charge in [0.25, 0.3) is 0 Å². The fraction of sp³-hybridized carbons (Fsp3) is 0.370. The van der Waals surface area contributed by atoms with E-state index < -0.39 is 10.8 Å². The normalized spacial score (nSPS) is 12.9. The molecule has 106 heavy (non-hydrogen) atoms. The van der Waals surface area contributed by atoms with Gasteiger partial charge in [-0.2, -0.15) is 38.5 Å². The van der Waals surface area contributed by atoms with Crippen LogP contribution in [0, 0.1) is 45.3 Å². The van der Waals surface area contributed by atoms with Gasteiger partial charge in [-0.1, -0.05) is 277 Å². The maximum absolute atomic E-state index is 9.93. The van der Waals surface area contributed by atoms with E-state index in [9.17, 15) is 21.0 Å². The van der Waals surface area contributed by atoms with E-state index in [1.807, 2.05) is 57.5 Å². The molecule has 0 unspecified atom stereocenters. The number of hydrogen-bond acceptors (Lipinski definition) is 14. The SMILES string of the molecule is CCCCCCCCc1ccc(C2(c3ccc(CCCCCCCC)cc3)c3cc(-c4ccc(C=C(C#N)C#N)c5nsnc45)sc3-c3sc4c5c(sc4c32)-c2sc(-c3ccc(C=C(C#N)C#N)c4nsnc34)cc2C5(c2ccc(CCCCCCCC)cc2)c2ccc(CCCCCCCC)cc2)cc1. The average molecular weight is 1500 g/mol. The molecular formula is C92H92N8S6. The lowest BCUT2D eigenvalue weighted by Crippen LogP contribution is -2.29. The van der Waals surface area contributed by atoms with Crippen LogP contribution in [-0.2, 0) is 36.5 Å². The molecule has 0 bridgehead atoms. The maximum Gasteiger partial charge on any atom is 0.130 e. The molecule has 2 aliphatic rings. The van der Waals surface area contributed by atoms with Gasteiger partial charge in [0.2, 0.25) is 0 Å². The van der Waals surface area contributed by atoms with Crippen molar-refractivity contribution in [3.05, 3.63) is 222 Å². The molecule has 6 aromatic heterocycles. The predicted molar refractivity (Wildman–Crippen MR) is 450 cm³/mol. The molecule has 6 aromatic carbocycles. The van der Waals surface area contributed by atoms with E-state index in [4.69, 9.17) is 17.5 Å². The van der Waals surface area contributed by atoms with Gasteiger partial charge in [0, 0.05) is 43.1 Å². The third-order valence-corrected chi connectivity index (χ3v) is 28.6. The van der Waals surface area contributed by atoms with E-state index >= 15 is 0 Å². The first-order valence-corrected chi connectivity index (χ1v) is 43.8. The Morgan fingerprint density at radius 3 is 0.906 bits per heavy atom. The van der Waals surface area contributed by atoms with Crippen molar-refractivity contribution < 1.29 is 0 Å². The van der Waals surface area contributed by atoms with Crippen LogP contribution >= 0.6 is 68.8 Å². The molecule has 6 heterocycles. The second-order valence-corrected chi connectivity index (χ2v) is 34.4. The van der Waals surface area contributed by atoms with Gasteiger partial charge >= 0.3 is 0 Å². The third kappa shape index (κ3) is 14.6. The average Bonchev–Trinajstić information content (AvgIpc) is 1.48. The molecule has 0 saturated carbocycles. The molecule has 0 atom stereocenters. The molecule has 12 aromatic rings. The largest absolute Gasteiger partial charge is 0.192 e. The summed E-state index contributed by atoms with van der Waals surface area (Å²) < 4.78 is 22.3. The number of nitrogens with zero attached hydrogens (tertiary/aromatic N) is 8. The fourth-order valence-corrected chi connectivity index (χ4v) is 23.7. The molecule has 0 amide bonds. The number of fused-ring (bicyclic) bond motifs is 11. The van der Waals surface area contributed by atoms with Gasteiger partial charge in [0.1, 0.15) is 57.5 Å². The van der Waals surface area contributed by atoms with E-state index in [0.717, 1.165) is 57.6 Å². The first-order valence-electron chi connectivity index (χ1n) is 39.1. The Balaban J connectivity index is 1.02. The Hall–Kier alpha value is -8.54. The number of aromatic nitrogens is 4. The van der Waals surface area contributed by atoms with Crippen LogP contribution in [0.4, 0.5) is 0 Å². The number of rotatable bonds is 36. The topological polar surface area (TPSA) is 147 Å². The van der Waals surface area contributed by atoms with Crippen LogP contribution in [0.25, 0.3) is 84.0 Å². The minimum Gasteiger partial charge on any atom is -0.192 e. The van der Waals surface area contributed by atoms with Crippen LogP contribution < -0.4 is 0 Å². The van der Waals surface area contributed by atoms with Gasteiger partial charge in [0.15, 0.2) is 0 Å². The van der Waals surface area contributed by atoms with E-state index in [1.54, 1.807) is 12.2 Å². The highest BCUT2D eigenvalue weighted by atomic mass is 32.1. The zero-order valence-electron chi connectivity index (χ0n) is 61.7. The van der Waals surface area contributed by atoms with Crippen LogP contribution in [0.2, 0.25) is 0 Å². The molecule has 536 valence electrons. The van der Waals surface area contributed by atoms with Gasteiger partial charge in [-0.05, 0) is 131 Å². The summed E-state index contributed by atoms with van der Waals surface area (Å²) in [6.07, 6.45) is 37.5. The molecule has 14 rings (SSSR count). The van der Waals surface area contributed by atoms with Crippen LogP contribution in [0.15, 0.2) is 145 Å². The molecular weight excluding hydrogens is 1410 g/mol. The Bertz CT molecular complexity index is 4830. The van der Waals surface area contributed by atoms with Crippen molar-refractivity contribution >= 4 is 112 Å². The first kappa shape index (κ1) is 74.3. The van der Waals surface area contributed by atoms with Gasteiger partial charge in [0.05, 0.1) is 63.2 Å². The minimum absolute atomic E-state index is 0.0258. The molecule has 2 aliphatic carbocycles. The predicted octanol–water partition coefficient (Wildman–Crippen LogP) is 27.6. The van der Waals surface area contributed by atoms with Crippen molar-refractivity contribution in [1.82, 2.24) is 17.5 Å². The molecule has 0 radical (unpaired) electrons. The summed E-state index contributed by atoms with van der Waals surface area (Å²) in [7, 11) is 0. The Kier molecular flexibility index (Phi) is 24.2. The van der Waals surface area contributed by atoms with Crippen molar-refractivity contribution in [2.75, 3.05) is 0 Å². The number of benzene rings is 6. The lowest BCUT2D eigenvalue weighted by molar-refractivity contribution is 0.607. The zero-order valence-corrected chi connectivity index (χ0v) is 66.6. The number of unbranched alkanes of at least 4 members (excludes halogenated alkanes) is 20. The van der Waals surface area contributed by atoms with Crippen molar-refractivity contribution in [2.45, 2.75) is 218 Å².